The maximum absolute atomic E-state index is 6.14. The Labute approximate surface area is 172 Å². The zero-order valence-corrected chi connectivity index (χ0v) is 17.4. The Hall–Kier alpha value is -2.18. The van der Waals surface area contributed by atoms with E-state index in [2.05, 4.69) is 63.9 Å². The second-order valence-corrected chi connectivity index (χ2v) is 8.85. The van der Waals surface area contributed by atoms with Crippen LogP contribution in [0.3, 0.4) is 0 Å². The summed E-state index contributed by atoms with van der Waals surface area (Å²) in [5.41, 5.74) is 2.32. The quantitative estimate of drug-likeness (QED) is 0.751. The van der Waals surface area contributed by atoms with E-state index >= 15 is 0 Å². The molecule has 1 unspecified atom stereocenters. The Kier molecular flexibility index (Phi) is 4.92. The highest BCUT2D eigenvalue weighted by atomic mass is 16.5. The summed E-state index contributed by atoms with van der Waals surface area (Å²) in [6.07, 6.45) is 3.99. The lowest BCUT2D eigenvalue weighted by Gasteiger charge is -2.47. The third kappa shape index (κ3) is 4.09. The van der Waals surface area contributed by atoms with Crippen molar-refractivity contribution in [1.82, 2.24) is 14.9 Å². The zero-order chi connectivity index (χ0) is 19.8. The molecule has 2 aromatic rings. The van der Waals surface area contributed by atoms with Gasteiger partial charge in [-0.1, -0.05) is 19.1 Å². The number of rotatable bonds is 6. The first-order chi connectivity index (χ1) is 14.1. The maximum atomic E-state index is 6.14. The summed E-state index contributed by atoms with van der Waals surface area (Å²) in [5, 5.41) is 0. The highest BCUT2D eigenvalue weighted by molar-refractivity contribution is 5.45. The second kappa shape index (κ2) is 7.58. The van der Waals surface area contributed by atoms with Gasteiger partial charge in [0.25, 0.3) is 0 Å². The van der Waals surface area contributed by atoms with Crippen LogP contribution in [-0.2, 0) is 4.74 Å². The van der Waals surface area contributed by atoms with Gasteiger partial charge in [0, 0.05) is 44.2 Å². The van der Waals surface area contributed by atoms with Gasteiger partial charge in [-0.15, -0.1) is 0 Å². The Morgan fingerprint density at radius 2 is 1.93 bits per heavy atom. The molecule has 6 heteroatoms. The van der Waals surface area contributed by atoms with Crippen molar-refractivity contribution in [3.8, 4) is 5.75 Å². The molecule has 1 saturated carbocycles. The maximum Gasteiger partial charge on any atom is 0.132 e. The fourth-order valence-corrected chi connectivity index (χ4v) is 4.17. The smallest absolute Gasteiger partial charge is 0.132 e. The van der Waals surface area contributed by atoms with E-state index < -0.39 is 0 Å². The van der Waals surface area contributed by atoms with E-state index in [4.69, 9.17) is 9.47 Å². The lowest BCUT2D eigenvalue weighted by molar-refractivity contribution is 0.0104. The number of hydrogen-bond acceptors (Lipinski definition) is 6. The van der Waals surface area contributed by atoms with Gasteiger partial charge in [-0.2, -0.15) is 0 Å². The predicted molar refractivity (Wildman–Crippen MR) is 113 cm³/mol. The standard InChI is InChI=1S/C23H30N4O2/c1-17(18-4-3-5-20(12-18)29-23(2)6-7-23)21-13-22(25-16-24-21)27-14-19(15-27)26-8-10-28-11-9-26/h3-5,12-13,16-17,19H,6-11,14-15H2,1-2H3. The van der Waals surface area contributed by atoms with Gasteiger partial charge in [-0.3, -0.25) is 4.90 Å². The van der Waals surface area contributed by atoms with E-state index in [-0.39, 0.29) is 11.5 Å². The Morgan fingerprint density at radius 1 is 1.14 bits per heavy atom. The first-order valence-electron chi connectivity index (χ1n) is 10.8. The fourth-order valence-electron chi connectivity index (χ4n) is 4.17. The number of nitrogens with zero attached hydrogens (tertiary/aromatic N) is 4. The van der Waals surface area contributed by atoms with Crippen molar-refractivity contribution in [3.63, 3.8) is 0 Å². The lowest BCUT2D eigenvalue weighted by Crippen LogP contribution is -2.61. The summed E-state index contributed by atoms with van der Waals surface area (Å²) < 4.78 is 11.6. The van der Waals surface area contributed by atoms with Crippen LogP contribution in [-0.4, -0.2) is 65.9 Å². The van der Waals surface area contributed by atoms with Gasteiger partial charge in [0.1, 0.15) is 23.5 Å². The summed E-state index contributed by atoms with van der Waals surface area (Å²) >= 11 is 0. The fraction of sp³-hybridized carbons (Fsp3) is 0.565. The van der Waals surface area contributed by atoms with Crippen LogP contribution in [0.25, 0.3) is 0 Å². The van der Waals surface area contributed by atoms with Crippen LogP contribution in [0.1, 0.15) is 43.9 Å². The minimum absolute atomic E-state index is 0.0402. The highest BCUT2D eigenvalue weighted by Crippen LogP contribution is 2.40. The molecule has 1 aromatic carbocycles. The molecule has 2 aliphatic heterocycles. The largest absolute Gasteiger partial charge is 0.488 e. The van der Waals surface area contributed by atoms with Crippen LogP contribution in [0.4, 0.5) is 5.82 Å². The summed E-state index contributed by atoms with van der Waals surface area (Å²) in [7, 11) is 0. The third-order valence-corrected chi connectivity index (χ3v) is 6.54. The predicted octanol–water partition coefficient (Wildman–Crippen LogP) is 3.08. The summed E-state index contributed by atoms with van der Waals surface area (Å²) in [6, 6.07) is 11.2. The Morgan fingerprint density at radius 3 is 2.69 bits per heavy atom. The van der Waals surface area contributed by atoms with Crippen molar-refractivity contribution >= 4 is 5.82 Å². The van der Waals surface area contributed by atoms with E-state index in [0.717, 1.165) is 69.5 Å². The number of anilines is 1. The van der Waals surface area contributed by atoms with Crippen LogP contribution in [0, 0.1) is 0 Å². The molecule has 3 heterocycles. The minimum Gasteiger partial charge on any atom is -0.488 e. The molecule has 3 aliphatic rings. The molecule has 154 valence electrons. The second-order valence-electron chi connectivity index (χ2n) is 8.85. The van der Waals surface area contributed by atoms with Gasteiger partial charge in [0.15, 0.2) is 0 Å². The van der Waals surface area contributed by atoms with Gasteiger partial charge < -0.3 is 14.4 Å². The van der Waals surface area contributed by atoms with Crippen LogP contribution >= 0.6 is 0 Å². The van der Waals surface area contributed by atoms with Crippen molar-refractivity contribution in [1.29, 1.82) is 0 Å². The van der Waals surface area contributed by atoms with E-state index in [1.807, 2.05) is 0 Å². The van der Waals surface area contributed by atoms with Gasteiger partial charge in [0.05, 0.1) is 18.9 Å². The number of benzene rings is 1. The van der Waals surface area contributed by atoms with Crippen LogP contribution in [0.2, 0.25) is 0 Å². The van der Waals surface area contributed by atoms with Gasteiger partial charge in [0.2, 0.25) is 0 Å². The molecular formula is C23H30N4O2. The number of ether oxygens (including phenoxy) is 2. The molecular weight excluding hydrogens is 364 g/mol. The Balaban J connectivity index is 1.25. The van der Waals surface area contributed by atoms with Crippen molar-refractivity contribution in [3.05, 3.63) is 47.9 Å². The third-order valence-electron chi connectivity index (χ3n) is 6.54. The topological polar surface area (TPSA) is 50.7 Å². The zero-order valence-electron chi connectivity index (χ0n) is 17.4. The van der Waals surface area contributed by atoms with Gasteiger partial charge >= 0.3 is 0 Å². The summed E-state index contributed by atoms with van der Waals surface area (Å²) in [6.45, 7) is 10.2. The van der Waals surface area contributed by atoms with Crippen LogP contribution in [0.5, 0.6) is 5.75 Å². The first-order valence-corrected chi connectivity index (χ1v) is 10.8. The molecule has 1 aromatic heterocycles. The van der Waals surface area contributed by atoms with Gasteiger partial charge in [-0.05, 0) is 37.5 Å². The van der Waals surface area contributed by atoms with E-state index in [1.165, 1.54) is 5.56 Å². The van der Waals surface area contributed by atoms with Gasteiger partial charge in [-0.25, -0.2) is 9.97 Å². The monoisotopic (exact) mass is 394 g/mol. The lowest BCUT2D eigenvalue weighted by atomic mass is 9.97. The number of hydrogen-bond donors (Lipinski definition) is 0. The normalized spacial score (nSPS) is 22.8. The molecule has 1 atom stereocenters. The molecule has 3 fully saturated rings. The molecule has 0 N–H and O–H groups in total. The minimum atomic E-state index is 0.0402. The van der Waals surface area contributed by atoms with E-state index in [9.17, 15) is 0 Å². The molecule has 0 amide bonds. The van der Waals surface area contributed by atoms with Crippen molar-refractivity contribution in [2.75, 3.05) is 44.3 Å². The highest BCUT2D eigenvalue weighted by Gasteiger charge is 2.40. The molecule has 0 spiro atoms. The summed E-state index contributed by atoms with van der Waals surface area (Å²) in [5.74, 6) is 2.19. The van der Waals surface area contributed by atoms with E-state index in [0.29, 0.717) is 6.04 Å². The molecule has 1 aliphatic carbocycles. The average Bonchev–Trinajstić information content (AvgIpc) is 3.44. The molecule has 2 saturated heterocycles. The first kappa shape index (κ1) is 18.8. The van der Waals surface area contributed by atoms with Crippen molar-refractivity contribution in [2.24, 2.45) is 0 Å². The molecule has 0 radical (unpaired) electrons. The summed E-state index contributed by atoms with van der Waals surface area (Å²) in [4.78, 5) is 14.0. The Bertz CT molecular complexity index is 857. The van der Waals surface area contributed by atoms with Crippen LogP contribution in [0.15, 0.2) is 36.7 Å². The molecule has 5 rings (SSSR count). The SMILES string of the molecule is CC(c1cccc(OC2(C)CC2)c1)c1cc(N2CC(N3CCOCC3)C2)ncn1. The van der Waals surface area contributed by atoms with Crippen molar-refractivity contribution in [2.45, 2.75) is 44.2 Å². The van der Waals surface area contributed by atoms with Crippen molar-refractivity contribution < 1.29 is 9.47 Å². The molecule has 0 bridgehead atoms. The van der Waals surface area contributed by atoms with E-state index in [1.54, 1.807) is 6.33 Å². The molecule has 29 heavy (non-hydrogen) atoms. The number of morpholine rings is 1. The average molecular weight is 395 g/mol. The number of aromatic nitrogens is 2. The molecule has 6 nitrogen and oxygen atoms in total. The van der Waals surface area contributed by atoms with Crippen LogP contribution < -0.4 is 9.64 Å².